The lowest BCUT2D eigenvalue weighted by Crippen LogP contribution is -2.33. The molecule has 0 aromatic carbocycles. The van der Waals surface area contributed by atoms with Crippen LogP contribution in [0.4, 0.5) is 0 Å². The van der Waals surface area contributed by atoms with Crippen molar-refractivity contribution in [2.45, 2.75) is 40.8 Å². The SMILES string of the molecule is CC(C)CN(Cc1cc(=O)c(O)cn1CC(=O)O)CC(C)C. The Kier molecular flexibility index (Phi) is 6.61. The summed E-state index contributed by atoms with van der Waals surface area (Å²) in [5.41, 5.74) is 0.122. The van der Waals surface area contributed by atoms with E-state index in [-0.39, 0.29) is 6.54 Å². The van der Waals surface area contributed by atoms with E-state index in [2.05, 4.69) is 32.6 Å². The summed E-state index contributed by atoms with van der Waals surface area (Å²) < 4.78 is 1.42. The van der Waals surface area contributed by atoms with Crippen LogP contribution in [0.2, 0.25) is 0 Å². The molecule has 22 heavy (non-hydrogen) atoms. The highest BCUT2D eigenvalue weighted by atomic mass is 16.4. The molecule has 1 heterocycles. The van der Waals surface area contributed by atoms with Crippen LogP contribution in [0.5, 0.6) is 5.75 Å². The van der Waals surface area contributed by atoms with Gasteiger partial charge in [-0.3, -0.25) is 14.5 Å². The topological polar surface area (TPSA) is 82.8 Å². The molecule has 0 unspecified atom stereocenters. The normalized spacial score (nSPS) is 11.6. The molecule has 1 aromatic rings. The summed E-state index contributed by atoms with van der Waals surface area (Å²) in [5.74, 6) is -0.501. The number of aromatic hydroxyl groups is 1. The number of carbonyl (C=O) groups is 1. The molecular formula is C16H26N2O4. The summed E-state index contributed by atoms with van der Waals surface area (Å²) in [7, 11) is 0. The molecule has 0 saturated carbocycles. The third-order valence-electron chi connectivity index (χ3n) is 3.14. The highest BCUT2D eigenvalue weighted by molar-refractivity contribution is 5.66. The second-order valence-electron chi connectivity index (χ2n) is 6.52. The lowest BCUT2D eigenvalue weighted by Gasteiger charge is -2.27. The standard InChI is InChI=1S/C16H26N2O4/c1-11(2)6-17(7-12(3)4)8-13-5-14(19)15(20)9-18(13)10-16(21)22/h5,9,11-12,20H,6-8,10H2,1-4H3,(H,21,22). The zero-order chi connectivity index (χ0) is 16.9. The maximum Gasteiger partial charge on any atom is 0.323 e. The van der Waals surface area contributed by atoms with Crippen LogP contribution < -0.4 is 5.43 Å². The number of rotatable bonds is 8. The average molecular weight is 310 g/mol. The Balaban J connectivity index is 3.07. The van der Waals surface area contributed by atoms with Crippen LogP contribution in [-0.4, -0.2) is 38.7 Å². The number of pyridine rings is 1. The van der Waals surface area contributed by atoms with Crippen molar-refractivity contribution in [2.24, 2.45) is 11.8 Å². The fourth-order valence-corrected chi connectivity index (χ4v) is 2.50. The van der Waals surface area contributed by atoms with E-state index in [9.17, 15) is 14.7 Å². The number of carboxylic acids is 1. The van der Waals surface area contributed by atoms with Gasteiger partial charge in [-0.25, -0.2) is 0 Å². The number of nitrogens with zero attached hydrogens (tertiary/aromatic N) is 2. The Morgan fingerprint density at radius 1 is 1.23 bits per heavy atom. The summed E-state index contributed by atoms with van der Waals surface area (Å²) in [6.07, 6.45) is 1.20. The molecule has 124 valence electrons. The van der Waals surface area contributed by atoms with Crippen LogP contribution in [0.15, 0.2) is 17.1 Å². The fourth-order valence-electron chi connectivity index (χ4n) is 2.50. The van der Waals surface area contributed by atoms with Gasteiger partial charge in [-0.15, -0.1) is 0 Å². The summed E-state index contributed by atoms with van der Waals surface area (Å²) in [6.45, 7) is 10.4. The van der Waals surface area contributed by atoms with E-state index in [1.165, 1.54) is 16.8 Å². The van der Waals surface area contributed by atoms with Crippen LogP contribution in [0, 0.1) is 11.8 Å². The third kappa shape index (κ3) is 5.89. The van der Waals surface area contributed by atoms with Crippen molar-refractivity contribution in [3.63, 3.8) is 0 Å². The minimum Gasteiger partial charge on any atom is -0.503 e. The molecule has 0 fully saturated rings. The minimum absolute atomic E-state index is 0.277. The Bertz CT molecular complexity index is 554. The Morgan fingerprint density at radius 3 is 2.23 bits per heavy atom. The van der Waals surface area contributed by atoms with Gasteiger partial charge in [0.1, 0.15) is 6.54 Å². The van der Waals surface area contributed by atoms with E-state index in [0.29, 0.717) is 24.1 Å². The van der Waals surface area contributed by atoms with Gasteiger partial charge in [-0.2, -0.15) is 0 Å². The molecule has 6 heteroatoms. The molecule has 0 amide bonds. The highest BCUT2D eigenvalue weighted by Crippen LogP contribution is 2.12. The number of aliphatic carboxylic acids is 1. The van der Waals surface area contributed by atoms with Crippen molar-refractivity contribution in [1.29, 1.82) is 0 Å². The quantitative estimate of drug-likeness (QED) is 0.764. The number of aromatic nitrogens is 1. The van der Waals surface area contributed by atoms with Crippen molar-refractivity contribution in [3.05, 3.63) is 28.2 Å². The van der Waals surface area contributed by atoms with Crippen molar-refractivity contribution in [3.8, 4) is 5.75 Å². The molecule has 0 aliphatic carbocycles. The molecule has 6 nitrogen and oxygen atoms in total. The zero-order valence-electron chi connectivity index (χ0n) is 13.7. The Hall–Kier alpha value is -1.82. The van der Waals surface area contributed by atoms with E-state index in [0.717, 1.165) is 13.1 Å². The van der Waals surface area contributed by atoms with Crippen molar-refractivity contribution >= 4 is 5.97 Å². The Morgan fingerprint density at radius 2 is 1.77 bits per heavy atom. The van der Waals surface area contributed by atoms with E-state index >= 15 is 0 Å². The van der Waals surface area contributed by atoms with Crippen LogP contribution >= 0.6 is 0 Å². The molecular weight excluding hydrogens is 284 g/mol. The van der Waals surface area contributed by atoms with Crippen LogP contribution in [0.25, 0.3) is 0 Å². The highest BCUT2D eigenvalue weighted by Gasteiger charge is 2.15. The first-order valence-electron chi connectivity index (χ1n) is 7.55. The van der Waals surface area contributed by atoms with Gasteiger partial charge in [-0.05, 0) is 11.8 Å². The first kappa shape index (κ1) is 18.2. The molecule has 0 atom stereocenters. The van der Waals surface area contributed by atoms with Gasteiger partial charge >= 0.3 is 5.97 Å². The largest absolute Gasteiger partial charge is 0.503 e. The van der Waals surface area contributed by atoms with Gasteiger partial charge in [0.2, 0.25) is 5.43 Å². The molecule has 0 radical (unpaired) electrons. The third-order valence-corrected chi connectivity index (χ3v) is 3.14. The van der Waals surface area contributed by atoms with E-state index in [1.54, 1.807) is 0 Å². The molecule has 0 aliphatic heterocycles. The second kappa shape index (κ2) is 7.98. The fraction of sp³-hybridized carbons (Fsp3) is 0.625. The predicted octanol–water partition coefficient (Wildman–Crippen LogP) is 1.75. The molecule has 1 rings (SSSR count). The van der Waals surface area contributed by atoms with Gasteiger partial charge in [0, 0.05) is 31.4 Å². The van der Waals surface area contributed by atoms with E-state index in [4.69, 9.17) is 5.11 Å². The number of hydrogen-bond donors (Lipinski definition) is 2. The summed E-state index contributed by atoms with van der Waals surface area (Å²) in [4.78, 5) is 24.8. The molecule has 0 bridgehead atoms. The monoisotopic (exact) mass is 310 g/mol. The minimum atomic E-state index is -1.01. The molecule has 1 aromatic heterocycles. The molecule has 0 saturated heterocycles. The summed E-state index contributed by atoms with van der Waals surface area (Å²) in [5, 5.41) is 18.5. The summed E-state index contributed by atoms with van der Waals surface area (Å²) >= 11 is 0. The molecule has 0 aliphatic rings. The van der Waals surface area contributed by atoms with Crippen molar-refractivity contribution in [1.82, 2.24) is 9.47 Å². The van der Waals surface area contributed by atoms with E-state index in [1.807, 2.05) is 0 Å². The van der Waals surface area contributed by atoms with Crippen molar-refractivity contribution < 1.29 is 15.0 Å². The van der Waals surface area contributed by atoms with Gasteiger partial charge < -0.3 is 14.8 Å². The predicted molar refractivity (Wildman–Crippen MR) is 85.0 cm³/mol. The van der Waals surface area contributed by atoms with Gasteiger partial charge in [0.25, 0.3) is 0 Å². The van der Waals surface area contributed by atoms with Gasteiger partial charge in [-0.1, -0.05) is 27.7 Å². The van der Waals surface area contributed by atoms with Gasteiger partial charge in [0.15, 0.2) is 5.75 Å². The lowest BCUT2D eigenvalue weighted by atomic mass is 10.1. The zero-order valence-corrected chi connectivity index (χ0v) is 13.7. The van der Waals surface area contributed by atoms with E-state index < -0.39 is 17.1 Å². The Labute approximate surface area is 131 Å². The number of carboxylic acid groups (broad SMARTS) is 1. The van der Waals surface area contributed by atoms with Crippen LogP contribution in [0.1, 0.15) is 33.4 Å². The average Bonchev–Trinajstić information content (AvgIpc) is 2.33. The van der Waals surface area contributed by atoms with Crippen molar-refractivity contribution in [2.75, 3.05) is 13.1 Å². The molecule has 2 N–H and O–H groups in total. The molecule has 0 spiro atoms. The van der Waals surface area contributed by atoms with Gasteiger partial charge in [0.05, 0.1) is 6.20 Å². The maximum atomic E-state index is 11.7. The van der Waals surface area contributed by atoms with Crippen LogP contribution in [-0.2, 0) is 17.9 Å². The lowest BCUT2D eigenvalue weighted by molar-refractivity contribution is -0.137. The maximum absolute atomic E-state index is 11.7. The van der Waals surface area contributed by atoms with Crippen LogP contribution in [0.3, 0.4) is 0 Å². The first-order chi connectivity index (χ1) is 10.2. The second-order valence-corrected chi connectivity index (χ2v) is 6.52. The summed E-state index contributed by atoms with van der Waals surface area (Å²) in [6, 6.07) is 1.33. The number of hydrogen-bond acceptors (Lipinski definition) is 4. The first-order valence-corrected chi connectivity index (χ1v) is 7.55. The smallest absolute Gasteiger partial charge is 0.323 e.